The number of rotatable bonds is 7. The summed E-state index contributed by atoms with van der Waals surface area (Å²) in [6.45, 7) is 6.54. The lowest BCUT2D eigenvalue weighted by atomic mass is 10.0. The summed E-state index contributed by atoms with van der Waals surface area (Å²) in [7, 11) is 0. The van der Waals surface area contributed by atoms with Crippen molar-refractivity contribution in [3.05, 3.63) is 30.3 Å². The van der Waals surface area contributed by atoms with E-state index in [1.807, 2.05) is 30.3 Å². The van der Waals surface area contributed by atoms with E-state index >= 15 is 0 Å². The van der Waals surface area contributed by atoms with Crippen LogP contribution in [0, 0.1) is 5.92 Å². The molecule has 1 aromatic rings. The lowest BCUT2D eigenvalue weighted by Crippen LogP contribution is -2.45. The number of amides is 3. The monoisotopic (exact) mass is 307 g/mol. The van der Waals surface area contributed by atoms with Gasteiger partial charge >= 0.3 is 12.1 Å². The number of benzene rings is 1. The van der Waals surface area contributed by atoms with Gasteiger partial charge in [0.2, 0.25) is 0 Å². The molecule has 122 valence electrons. The van der Waals surface area contributed by atoms with Gasteiger partial charge in [0.05, 0.1) is 6.61 Å². The van der Waals surface area contributed by atoms with Crippen LogP contribution >= 0.6 is 0 Å². The molecule has 0 saturated heterocycles. The van der Waals surface area contributed by atoms with E-state index in [0.717, 1.165) is 12.1 Å². The molecule has 0 saturated carbocycles. The van der Waals surface area contributed by atoms with Crippen LogP contribution in [0.3, 0.4) is 0 Å². The molecule has 0 heterocycles. The molecule has 0 unspecified atom stereocenters. The van der Waals surface area contributed by atoms with E-state index in [4.69, 9.17) is 4.74 Å². The van der Waals surface area contributed by atoms with Gasteiger partial charge in [-0.2, -0.15) is 0 Å². The molecule has 0 radical (unpaired) electrons. The van der Waals surface area contributed by atoms with E-state index in [2.05, 4.69) is 29.8 Å². The van der Waals surface area contributed by atoms with Gasteiger partial charge in [-0.1, -0.05) is 32.0 Å². The maximum absolute atomic E-state index is 11.8. The highest BCUT2D eigenvalue weighted by Gasteiger charge is 2.15. The highest BCUT2D eigenvalue weighted by molar-refractivity contribution is 5.89. The number of alkyl carbamates (subject to hydrolysis) is 1. The number of para-hydroxylation sites is 1. The highest BCUT2D eigenvalue weighted by atomic mass is 16.5. The first kappa shape index (κ1) is 17.8. The van der Waals surface area contributed by atoms with Crippen LogP contribution in [0.5, 0.6) is 0 Å². The van der Waals surface area contributed by atoms with E-state index in [9.17, 15) is 9.59 Å². The smallest absolute Gasteiger partial charge is 0.407 e. The zero-order chi connectivity index (χ0) is 16.4. The Labute approximate surface area is 131 Å². The number of hydrogen-bond acceptors (Lipinski definition) is 3. The van der Waals surface area contributed by atoms with Crippen LogP contribution < -0.4 is 16.0 Å². The van der Waals surface area contributed by atoms with Gasteiger partial charge in [-0.3, -0.25) is 0 Å². The van der Waals surface area contributed by atoms with Crippen LogP contribution in [-0.4, -0.2) is 31.3 Å². The van der Waals surface area contributed by atoms with E-state index < -0.39 is 6.09 Å². The van der Waals surface area contributed by atoms with Crippen LogP contribution in [0.4, 0.5) is 15.3 Å². The molecule has 0 aliphatic carbocycles. The minimum absolute atomic E-state index is 0.166. The molecular weight excluding hydrogens is 282 g/mol. The first-order valence-corrected chi connectivity index (χ1v) is 7.54. The number of nitrogens with one attached hydrogen (secondary N) is 3. The number of anilines is 1. The Morgan fingerprint density at radius 1 is 1.18 bits per heavy atom. The summed E-state index contributed by atoms with van der Waals surface area (Å²) in [5, 5.41) is 8.26. The van der Waals surface area contributed by atoms with Gasteiger partial charge < -0.3 is 20.7 Å². The van der Waals surface area contributed by atoms with Crippen molar-refractivity contribution in [2.24, 2.45) is 5.92 Å². The Hall–Kier alpha value is -2.24. The topological polar surface area (TPSA) is 79.5 Å². The molecule has 0 aliphatic heterocycles. The standard InChI is InChI=1S/C16H25N3O3/c1-4-22-16(21)19-14(10-12(2)3)11-17-15(20)18-13-8-6-5-7-9-13/h5-9,12,14H,4,10-11H2,1-3H3,(H,19,21)(H2,17,18,20)/t14-/m0/s1. The van der Waals surface area contributed by atoms with Gasteiger partial charge in [-0.05, 0) is 31.4 Å². The second kappa shape index (κ2) is 9.65. The summed E-state index contributed by atoms with van der Waals surface area (Å²) in [6.07, 6.45) is 0.295. The quantitative estimate of drug-likeness (QED) is 0.724. The molecule has 1 atom stereocenters. The Morgan fingerprint density at radius 3 is 2.45 bits per heavy atom. The van der Waals surface area contributed by atoms with Crippen molar-refractivity contribution in [2.45, 2.75) is 33.2 Å². The van der Waals surface area contributed by atoms with Gasteiger partial charge in [0.15, 0.2) is 0 Å². The summed E-state index contributed by atoms with van der Waals surface area (Å²) in [5.74, 6) is 0.394. The Kier molecular flexibility index (Phi) is 7.81. The minimum Gasteiger partial charge on any atom is -0.450 e. The molecule has 1 rings (SSSR count). The van der Waals surface area contributed by atoms with E-state index in [1.165, 1.54) is 0 Å². The molecule has 6 heteroatoms. The predicted octanol–water partition coefficient (Wildman–Crippen LogP) is 2.97. The molecule has 0 fully saturated rings. The first-order valence-electron chi connectivity index (χ1n) is 7.54. The summed E-state index contributed by atoms with van der Waals surface area (Å²) in [6, 6.07) is 8.72. The maximum atomic E-state index is 11.8. The van der Waals surface area contributed by atoms with Crippen LogP contribution in [0.25, 0.3) is 0 Å². The fraction of sp³-hybridized carbons (Fsp3) is 0.500. The fourth-order valence-corrected chi connectivity index (χ4v) is 2.01. The summed E-state index contributed by atoms with van der Waals surface area (Å²) in [4.78, 5) is 23.4. The molecule has 0 spiro atoms. The molecular formula is C16H25N3O3. The molecule has 22 heavy (non-hydrogen) atoms. The van der Waals surface area contributed by atoms with E-state index in [0.29, 0.717) is 19.1 Å². The first-order chi connectivity index (χ1) is 10.5. The SMILES string of the molecule is CCOC(=O)N[C@H](CNC(=O)Nc1ccccc1)CC(C)C. The fourth-order valence-electron chi connectivity index (χ4n) is 2.01. The number of carbonyl (C=O) groups is 2. The van der Waals surface area contributed by atoms with Crippen LogP contribution in [-0.2, 0) is 4.74 Å². The van der Waals surface area contributed by atoms with Crippen molar-refractivity contribution in [2.75, 3.05) is 18.5 Å². The van der Waals surface area contributed by atoms with Crippen molar-refractivity contribution >= 4 is 17.8 Å². The zero-order valence-electron chi connectivity index (χ0n) is 13.4. The number of urea groups is 1. The van der Waals surface area contributed by atoms with Crippen molar-refractivity contribution in [1.82, 2.24) is 10.6 Å². The molecule has 1 aromatic carbocycles. The third kappa shape index (κ3) is 7.52. The Morgan fingerprint density at radius 2 is 1.86 bits per heavy atom. The average molecular weight is 307 g/mol. The molecule has 0 bridgehead atoms. The highest BCUT2D eigenvalue weighted by Crippen LogP contribution is 2.06. The van der Waals surface area contributed by atoms with Gasteiger partial charge in [-0.15, -0.1) is 0 Å². The van der Waals surface area contributed by atoms with Crippen LogP contribution in [0.15, 0.2) is 30.3 Å². The van der Waals surface area contributed by atoms with Crippen molar-refractivity contribution < 1.29 is 14.3 Å². The normalized spacial score (nSPS) is 11.6. The number of hydrogen-bond donors (Lipinski definition) is 3. The Bertz CT molecular complexity index is 463. The van der Waals surface area contributed by atoms with E-state index in [-0.39, 0.29) is 12.1 Å². The van der Waals surface area contributed by atoms with Crippen molar-refractivity contribution in [3.63, 3.8) is 0 Å². The minimum atomic E-state index is -0.460. The molecule has 3 N–H and O–H groups in total. The zero-order valence-corrected chi connectivity index (χ0v) is 13.4. The predicted molar refractivity (Wildman–Crippen MR) is 86.9 cm³/mol. The van der Waals surface area contributed by atoms with Gasteiger partial charge in [-0.25, -0.2) is 9.59 Å². The largest absolute Gasteiger partial charge is 0.450 e. The van der Waals surface area contributed by atoms with Gasteiger partial charge in [0.25, 0.3) is 0 Å². The van der Waals surface area contributed by atoms with Crippen molar-refractivity contribution in [1.29, 1.82) is 0 Å². The molecule has 0 aliphatic rings. The lowest BCUT2D eigenvalue weighted by Gasteiger charge is -2.20. The molecule has 0 aromatic heterocycles. The third-order valence-electron chi connectivity index (χ3n) is 2.89. The second-order valence-corrected chi connectivity index (χ2v) is 5.39. The summed E-state index contributed by atoms with van der Waals surface area (Å²) < 4.78 is 4.88. The van der Waals surface area contributed by atoms with E-state index in [1.54, 1.807) is 6.92 Å². The van der Waals surface area contributed by atoms with Gasteiger partial charge in [0, 0.05) is 18.3 Å². The second-order valence-electron chi connectivity index (χ2n) is 5.39. The van der Waals surface area contributed by atoms with Gasteiger partial charge in [0.1, 0.15) is 0 Å². The van der Waals surface area contributed by atoms with Crippen LogP contribution in [0.2, 0.25) is 0 Å². The summed E-state index contributed by atoms with van der Waals surface area (Å²) >= 11 is 0. The maximum Gasteiger partial charge on any atom is 0.407 e. The molecule has 6 nitrogen and oxygen atoms in total. The Balaban J connectivity index is 2.44. The van der Waals surface area contributed by atoms with Crippen LogP contribution in [0.1, 0.15) is 27.2 Å². The number of ether oxygens (including phenoxy) is 1. The number of carbonyl (C=O) groups excluding carboxylic acids is 2. The molecule has 3 amide bonds. The summed E-state index contributed by atoms with van der Waals surface area (Å²) in [5.41, 5.74) is 0.721. The lowest BCUT2D eigenvalue weighted by molar-refractivity contribution is 0.146. The average Bonchev–Trinajstić information content (AvgIpc) is 2.45. The van der Waals surface area contributed by atoms with Crippen molar-refractivity contribution in [3.8, 4) is 0 Å². The third-order valence-corrected chi connectivity index (χ3v) is 2.89.